The molecule has 12 nitrogen and oxygen atoms in total. The lowest BCUT2D eigenvalue weighted by molar-refractivity contribution is -0.138. The van der Waals surface area contributed by atoms with Gasteiger partial charge in [-0.1, -0.05) is 12.1 Å². The standard InChI is InChI=1S/C23H21N5O7/c29-18(5-6-20(31)32)24-9-12-1-3-15-14(7-12)22(33)28-21(27-15)23(34)25-10-13-2-4-17-16(8-13)26-19(30)11-35-17/h1-4,7-8H,5-6,9-11H2,(H,24,29)(H,25,34)(H,26,30)(H,31,32)(H,27,28,33). The number of aliphatic carboxylic acids is 1. The van der Waals surface area contributed by atoms with Gasteiger partial charge in [0.1, 0.15) is 5.75 Å². The third-order valence-corrected chi connectivity index (χ3v) is 5.17. The van der Waals surface area contributed by atoms with E-state index in [0.717, 1.165) is 0 Å². The molecule has 180 valence electrons. The lowest BCUT2D eigenvalue weighted by Crippen LogP contribution is -2.28. The van der Waals surface area contributed by atoms with Crippen LogP contribution in [0.3, 0.4) is 0 Å². The minimum absolute atomic E-state index is 0.0486. The highest BCUT2D eigenvalue weighted by atomic mass is 16.5. The summed E-state index contributed by atoms with van der Waals surface area (Å²) in [5.74, 6) is -1.95. The molecule has 1 aliphatic heterocycles. The summed E-state index contributed by atoms with van der Waals surface area (Å²) in [4.78, 5) is 65.5. The summed E-state index contributed by atoms with van der Waals surface area (Å²) in [7, 11) is 0. The van der Waals surface area contributed by atoms with Crippen LogP contribution < -0.4 is 26.2 Å². The van der Waals surface area contributed by atoms with Crippen LogP contribution in [0, 0.1) is 0 Å². The summed E-state index contributed by atoms with van der Waals surface area (Å²) in [6.45, 7) is 0.194. The van der Waals surface area contributed by atoms with Crippen molar-refractivity contribution < 1.29 is 29.0 Å². The van der Waals surface area contributed by atoms with Gasteiger partial charge in [-0.05, 0) is 35.4 Å². The number of fused-ring (bicyclic) bond motifs is 2. The molecule has 35 heavy (non-hydrogen) atoms. The third kappa shape index (κ3) is 5.79. The van der Waals surface area contributed by atoms with Gasteiger partial charge in [-0.25, -0.2) is 4.98 Å². The van der Waals surface area contributed by atoms with Gasteiger partial charge < -0.3 is 30.8 Å². The number of ether oxygens (including phenoxy) is 1. The number of carboxylic acid groups (broad SMARTS) is 1. The Morgan fingerprint density at radius 2 is 1.74 bits per heavy atom. The SMILES string of the molecule is O=C(O)CCC(=O)NCc1ccc2nc(C(=O)NCc3ccc4c(c3)NC(=O)CO4)[nH]c(=O)c2c1. The zero-order valence-electron chi connectivity index (χ0n) is 18.3. The molecule has 0 radical (unpaired) electrons. The Labute approximate surface area is 197 Å². The summed E-state index contributed by atoms with van der Waals surface area (Å²) in [5.41, 5.74) is 1.62. The first kappa shape index (κ1) is 23.4. The van der Waals surface area contributed by atoms with Crippen LogP contribution in [-0.2, 0) is 27.5 Å². The molecular weight excluding hydrogens is 458 g/mol. The van der Waals surface area contributed by atoms with Gasteiger partial charge in [0.2, 0.25) is 5.91 Å². The van der Waals surface area contributed by atoms with Crippen LogP contribution in [0.25, 0.3) is 10.9 Å². The number of benzene rings is 2. The predicted octanol–water partition coefficient (Wildman–Crippen LogP) is 0.665. The largest absolute Gasteiger partial charge is 0.482 e. The number of aromatic nitrogens is 2. The Balaban J connectivity index is 1.41. The van der Waals surface area contributed by atoms with Crippen molar-refractivity contribution in [2.24, 2.45) is 0 Å². The van der Waals surface area contributed by atoms with Gasteiger partial charge in [0.05, 0.1) is 23.0 Å². The molecule has 2 aromatic carbocycles. The van der Waals surface area contributed by atoms with Crippen molar-refractivity contribution in [1.29, 1.82) is 0 Å². The summed E-state index contributed by atoms with van der Waals surface area (Å²) in [6.07, 6.45) is -0.410. The number of amides is 3. The molecule has 0 spiro atoms. The minimum atomic E-state index is -1.06. The smallest absolute Gasteiger partial charge is 0.303 e. The molecule has 0 fully saturated rings. The predicted molar refractivity (Wildman–Crippen MR) is 123 cm³/mol. The van der Waals surface area contributed by atoms with E-state index in [-0.39, 0.29) is 49.7 Å². The zero-order valence-corrected chi connectivity index (χ0v) is 18.3. The van der Waals surface area contributed by atoms with Crippen molar-refractivity contribution in [3.05, 3.63) is 63.7 Å². The highest BCUT2D eigenvalue weighted by Gasteiger charge is 2.17. The summed E-state index contributed by atoms with van der Waals surface area (Å²) >= 11 is 0. The summed E-state index contributed by atoms with van der Waals surface area (Å²) < 4.78 is 5.30. The second-order valence-electron chi connectivity index (χ2n) is 7.79. The third-order valence-electron chi connectivity index (χ3n) is 5.17. The number of nitrogens with zero attached hydrogens (tertiary/aromatic N) is 1. The van der Waals surface area contributed by atoms with Crippen LogP contribution in [-0.4, -0.2) is 45.4 Å². The molecule has 1 aromatic heterocycles. The van der Waals surface area contributed by atoms with Gasteiger partial charge in [0.15, 0.2) is 12.4 Å². The van der Waals surface area contributed by atoms with E-state index in [2.05, 4.69) is 25.9 Å². The molecular formula is C23H21N5O7. The first-order chi connectivity index (χ1) is 16.8. The minimum Gasteiger partial charge on any atom is -0.482 e. The Kier molecular flexibility index (Phi) is 6.71. The van der Waals surface area contributed by atoms with Crippen LogP contribution in [0.2, 0.25) is 0 Å². The fraction of sp³-hybridized carbons (Fsp3) is 0.217. The van der Waals surface area contributed by atoms with E-state index in [1.165, 1.54) is 0 Å². The van der Waals surface area contributed by atoms with E-state index in [4.69, 9.17) is 9.84 Å². The topological polar surface area (TPSA) is 180 Å². The Bertz CT molecular complexity index is 1400. The fourth-order valence-corrected chi connectivity index (χ4v) is 3.42. The van der Waals surface area contributed by atoms with Crippen molar-refractivity contribution in [2.45, 2.75) is 25.9 Å². The van der Waals surface area contributed by atoms with E-state index in [1.807, 2.05) is 0 Å². The maximum absolute atomic E-state index is 12.6. The number of nitrogens with one attached hydrogen (secondary N) is 4. The first-order valence-electron chi connectivity index (χ1n) is 10.6. The van der Waals surface area contributed by atoms with Crippen LogP contribution in [0.5, 0.6) is 5.75 Å². The Morgan fingerprint density at radius 1 is 1.00 bits per heavy atom. The molecule has 3 amide bonds. The number of anilines is 1. The van der Waals surface area contributed by atoms with Crippen LogP contribution in [0.15, 0.2) is 41.2 Å². The maximum Gasteiger partial charge on any atom is 0.303 e. The number of hydrogen-bond acceptors (Lipinski definition) is 7. The monoisotopic (exact) mass is 479 g/mol. The van der Waals surface area contributed by atoms with Gasteiger partial charge in [0, 0.05) is 19.5 Å². The Hall–Kier alpha value is -4.74. The fourth-order valence-electron chi connectivity index (χ4n) is 3.42. The van der Waals surface area contributed by atoms with Gasteiger partial charge in [-0.3, -0.25) is 24.0 Å². The lowest BCUT2D eigenvalue weighted by atomic mass is 10.1. The number of carbonyl (C=O) groups is 4. The normalized spacial score (nSPS) is 12.3. The highest BCUT2D eigenvalue weighted by molar-refractivity contribution is 5.95. The Morgan fingerprint density at radius 3 is 2.54 bits per heavy atom. The average molecular weight is 479 g/mol. The molecule has 12 heteroatoms. The van der Waals surface area contributed by atoms with Gasteiger partial charge in [-0.15, -0.1) is 0 Å². The van der Waals surface area contributed by atoms with E-state index in [9.17, 15) is 24.0 Å². The average Bonchev–Trinajstić information content (AvgIpc) is 2.84. The number of aromatic amines is 1. The van der Waals surface area contributed by atoms with Crippen molar-refractivity contribution in [1.82, 2.24) is 20.6 Å². The molecule has 0 aliphatic carbocycles. The highest BCUT2D eigenvalue weighted by Crippen LogP contribution is 2.28. The zero-order chi connectivity index (χ0) is 24.9. The van der Waals surface area contributed by atoms with Crippen molar-refractivity contribution >= 4 is 40.3 Å². The van der Waals surface area contributed by atoms with Crippen LogP contribution >= 0.6 is 0 Å². The molecule has 2 heterocycles. The second kappa shape index (κ2) is 10.0. The van der Waals surface area contributed by atoms with E-state index >= 15 is 0 Å². The van der Waals surface area contributed by atoms with E-state index < -0.39 is 23.3 Å². The number of carbonyl (C=O) groups excluding carboxylic acids is 3. The number of hydrogen-bond donors (Lipinski definition) is 5. The van der Waals surface area contributed by atoms with Gasteiger partial charge in [-0.2, -0.15) is 0 Å². The molecule has 0 saturated heterocycles. The summed E-state index contributed by atoms with van der Waals surface area (Å²) in [6, 6.07) is 9.88. The van der Waals surface area contributed by atoms with Crippen LogP contribution in [0.1, 0.15) is 34.6 Å². The van der Waals surface area contributed by atoms with Crippen molar-refractivity contribution in [3.63, 3.8) is 0 Å². The number of H-pyrrole nitrogens is 1. The first-order valence-corrected chi connectivity index (χ1v) is 10.6. The van der Waals surface area contributed by atoms with E-state index in [0.29, 0.717) is 28.1 Å². The molecule has 0 unspecified atom stereocenters. The number of carboxylic acids is 1. The lowest BCUT2D eigenvalue weighted by Gasteiger charge is -2.18. The van der Waals surface area contributed by atoms with E-state index in [1.54, 1.807) is 36.4 Å². The molecule has 0 saturated carbocycles. The molecule has 3 aromatic rings. The molecule has 4 rings (SSSR count). The van der Waals surface area contributed by atoms with Gasteiger partial charge in [0.25, 0.3) is 17.4 Å². The van der Waals surface area contributed by atoms with Gasteiger partial charge >= 0.3 is 5.97 Å². The molecule has 5 N–H and O–H groups in total. The van der Waals surface area contributed by atoms with Crippen molar-refractivity contribution in [3.8, 4) is 5.75 Å². The molecule has 1 aliphatic rings. The van der Waals surface area contributed by atoms with Crippen LogP contribution in [0.4, 0.5) is 5.69 Å². The molecule has 0 atom stereocenters. The molecule has 0 bridgehead atoms. The number of rotatable bonds is 8. The summed E-state index contributed by atoms with van der Waals surface area (Å²) in [5, 5.41) is 16.8. The maximum atomic E-state index is 12.6. The van der Waals surface area contributed by atoms with Crippen molar-refractivity contribution in [2.75, 3.05) is 11.9 Å². The quantitative estimate of drug-likeness (QED) is 0.313. The second-order valence-corrected chi connectivity index (χ2v) is 7.79.